The molecule has 3 aromatic rings. The molecule has 1 aliphatic rings. The summed E-state index contributed by atoms with van der Waals surface area (Å²) in [5, 5.41) is 1.16. The van der Waals surface area contributed by atoms with Crippen LogP contribution in [0.15, 0.2) is 58.5 Å². The lowest BCUT2D eigenvalue weighted by Crippen LogP contribution is -2.35. The third-order valence-electron chi connectivity index (χ3n) is 5.32. The van der Waals surface area contributed by atoms with Gasteiger partial charge < -0.3 is 4.74 Å². The maximum atomic E-state index is 13.5. The first-order chi connectivity index (χ1) is 13.9. The molecule has 3 heterocycles. The van der Waals surface area contributed by atoms with E-state index in [9.17, 15) is 4.79 Å². The standard InChI is InChI=1S/C23H25N3O2S/c1-5-23(4)12-19-16(13-28-23)11-18-20(24-19)25-22(29-14-15(2)3)26(21(18)27)17-9-7-6-8-10-17/h6-11H,2,5,12-14H2,1,3-4H3/t23-/m1/s1. The van der Waals surface area contributed by atoms with Crippen LogP contribution in [0.25, 0.3) is 16.7 Å². The number of aromatic nitrogens is 3. The minimum absolute atomic E-state index is 0.107. The predicted molar refractivity (Wildman–Crippen MR) is 118 cm³/mol. The van der Waals surface area contributed by atoms with Gasteiger partial charge in [0.05, 0.1) is 29.0 Å². The maximum Gasteiger partial charge on any atom is 0.268 e. The largest absolute Gasteiger partial charge is 0.370 e. The Kier molecular flexibility index (Phi) is 5.32. The minimum atomic E-state index is -0.218. The Labute approximate surface area is 174 Å². The molecule has 0 unspecified atom stereocenters. The molecule has 0 saturated carbocycles. The molecule has 29 heavy (non-hydrogen) atoms. The zero-order valence-electron chi connectivity index (χ0n) is 17.1. The van der Waals surface area contributed by atoms with Crippen LogP contribution in [0.3, 0.4) is 0 Å². The Balaban J connectivity index is 1.91. The summed E-state index contributed by atoms with van der Waals surface area (Å²) in [6.45, 7) is 10.6. The summed E-state index contributed by atoms with van der Waals surface area (Å²) < 4.78 is 7.72. The average Bonchev–Trinajstić information content (AvgIpc) is 2.72. The van der Waals surface area contributed by atoms with Crippen LogP contribution in [-0.2, 0) is 17.8 Å². The number of hydrogen-bond donors (Lipinski definition) is 0. The number of pyridine rings is 1. The number of nitrogens with zero attached hydrogens (tertiary/aromatic N) is 3. The Morgan fingerprint density at radius 2 is 2.07 bits per heavy atom. The van der Waals surface area contributed by atoms with Gasteiger partial charge in [-0.1, -0.05) is 49.0 Å². The van der Waals surface area contributed by atoms with Crippen molar-refractivity contribution in [2.75, 3.05) is 5.75 Å². The van der Waals surface area contributed by atoms with Gasteiger partial charge in [0.2, 0.25) is 0 Å². The van der Waals surface area contributed by atoms with Gasteiger partial charge in [0.15, 0.2) is 10.8 Å². The van der Waals surface area contributed by atoms with Crippen LogP contribution < -0.4 is 5.56 Å². The van der Waals surface area contributed by atoms with Gasteiger partial charge in [-0.3, -0.25) is 9.36 Å². The summed E-state index contributed by atoms with van der Waals surface area (Å²) >= 11 is 1.51. The number of thioether (sulfide) groups is 1. The van der Waals surface area contributed by atoms with E-state index in [1.165, 1.54) is 11.8 Å². The number of ether oxygens (including phenoxy) is 1. The topological polar surface area (TPSA) is 57.0 Å². The summed E-state index contributed by atoms with van der Waals surface area (Å²) in [7, 11) is 0. The van der Waals surface area contributed by atoms with E-state index in [4.69, 9.17) is 14.7 Å². The van der Waals surface area contributed by atoms with Gasteiger partial charge in [-0.2, -0.15) is 0 Å². The van der Waals surface area contributed by atoms with Crippen molar-refractivity contribution in [1.29, 1.82) is 0 Å². The van der Waals surface area contributed by atoms with Gasteiger partial charge in [-0.05, 0) is 38.5 Å². The quantitative estimate of drug-likeness (QED) is 0.349. The van der Waals surface area contributed by atoms with Crippen molar-refractivity contribution in [2.24, 2.45) is 0 Å². The van der Waals surface area contributed by atoms with E-state index in [1.807, 2.05) is 43.3 Å². The Bertz CT molecular complexity index is 1140. The third kappa shape index (κ3) is 3.87. The highest BCUT2D eigenvalue weighted by molar-refractivity contribution is 7.99. The zero-order valence-corrected chi connectivity index (χ0v) is 17.9. The van der Waals surface area contributed by atoms with Crippen LogP contribution >= 0.6 is 11.8 Å². The van der Waals surface area contributed by atoms with E-state index < -0.39 is 0 Å². The third-order valence-corrected chi connectivity index (χ3v) is 6.49. The molecule has 5 nitrogen and oxygen atoms in total. The lowest BCUT2D eigenvalue weighted by Gasteiger charge is -2.33. The highest BCUT2D eigenvalue weighted by atomic mass is 32.2. The fourth-order valence-electron chi connectivity index (χ4n) is 3.42. The molecular weight excluding hydrogens is 382 g/mol. The van der Waals surface area contributed by atoms with Crippen LogP contribution in [0, 0.1) is 0 Å². The van der Waals surface area contributed by atoms with Crippen molar-refractivity contribution in [1.82, 2.24) is 14.5 Å². The molecular formula is C23H25N3O2S. The second-order valence-electron chi connectivity index (χ2n) is 7.85. The van der Waals surface area contributed by atoms with E-state index >= 15 is 0 Å². The summed E-state index contributed by atoms with van der Waals surface area (Å²) in [4.78, 5) is 23.1. The number of fused-ring (bicyclic) bond motifs is 2. The van der Waals surface area contributed by atoms with Crippen molar-refractivity contribution in [2.45, 2.75) is 51.0 Å². The molecule has 0 aliphatic carbocycles. The van der Waals surface area contributed by atoms with Gasteiger partial charge in [0.1, 0.15) is 0 Å². The molecule has 0 radical (unpaired) electrons. The summed E-state index contributed by atoms with van der Waals surface area (Å²) in [6.07, 6.45) is 1.64. The van der Waals surface area contributed by atoms with E-state index in [0.29, 0.717) is 28.5 Å². The number of para-hydroxylation sites is 1. The molecule has 4 rings (SSSR count). The van der Waals surface area contributed by atoms with Gasteiger partial charge >= 0.3 is 0 Å². The highest BCUT2D eigenvalue weighted by Crippen LogP contribution is 2.31. The van der Waals surface area contributed by atoms with Crippen molar-refractivity contribution < 1.29 is 4.74 Å². The van der Waals surface area contributed by atoms with Crippen LogP contribution in [0.5, 0.6) is 0 Å². The second-order valence-corrected chi connectivity index (χ2v) is 8.79. The zero-order chi connectivity index (χ0) is 20.6. The van der Waals surface area contributed by atoms with Crippen LogP contribution in [0.1, 0.15) is 38.4 Å². The Morgan fingerprint density at radius 1 is 1.31 bits per heavy atom. The SMILES string of the molecule is C=C(C)CSc1nc2nc3c(cc2c(=O)n1-c1ccccc1)CO[C@](C)(CC)C3. The van der Waals surface area contributed by atoms with E-state index in [1.54, 1.807) is 4.57 Å². The summed E-state index contributed by atoms with van der Waals surface area (Å²) in [5.74, 6) is 0.692. The monoisotopic (exact) mass is 407 g/mol. The van der Waals surface area contributed by atoms with Gasteiger partial charge in [-0.15, -0.1) is 0 Å². The molecule has 0 bridgehead atoms. The molecule has 150 valence electrons. The van der Waals surface area contributed by atoms with Crippen molar-refractivity contribution in [3.05, 3.63) is 70.2 Å². The Morgan fingerprint density at radius 3 is 2.76 bits per heavy atom. The van der Waals surface area contributed by atoms with Crippen molar-refractivity contribution in [3.8, 4) is 5.69 Å². The molecule has 0 fully saturated rings. The minimum Gasteiger partial charge on any atom is -0.370 e. The fraction of sp³-hybridized carbons (Fsp3) is 0.348. The van der Waals surface area contributed by atoms with Crippen molar-refractivity contribution >= 4 is 22.8 Å². The molecule has 0 spiro atoms. The molecule has 6 heteroatoms. The maximum absolute atomic E-state index is 13.5. The van der Waals surface area contributed by atoms with E-state index in [2.05, 4.69) is 20.4 Å². The molecule has 0 saturated heterocycles. The predicted octanol–water partition coefficient (Wildman–Crippen LogP) is 4.69. The highest BCUT2D eigenvalue weighted by Gasteiger charge is 2.31. The van der Waals surface area contributed by atoms with Crippen LogP contribution in [0.4, 0.5) is 0 Å². The molecule has 0 N–H and O–H groups in total. The summed E-state index contributed by atoms with van der Waals surface area (Å²) in [5.41, 5.74) is 3.96. The fourth-order valence-corrected chi connectivity index (χ4v) is 4.27. The van der Waals surface area contributed by atoms with E-state index in [-0.39, 0.29) is 11.2 Å². The first-order valence-electron chi connectivity index (χ1n) is 9.82. The van der Waals surface area contributed by atoms with Crippen molar-refractivity contribution in [3.63, 3.8) is 0 Å². The summed E-state index contributed by atoms with van der Waals surface area (Å²) in [6, 6.07) is 11.5. The van der Waals surface area contributed by atoms with Gasteiger partial charge in [0, 0.05) is 17.7 Å². The first kappa shape index (κ1) is 19.9. The van der Waals surface area contributed by atoms with Gasteiger partial charge in [-0.25, -0.2) is 9.97 Å². The number of rotatable bonds is 5. The lowest BCUT2D eigenvalue weighted by atomic mass is 9.91. The second kappa shape index (κ2) is 7.76. The molecule has 0 amide bonds. The first-order valence-corrected chi connectivity index (χ1v) is 10.8. The van der Waals surface area contributed by atoms with Gasteiger partial charge in [0.25, 0.3) is 5.56 Å². The van der Waals surface area contributed by atoms with Crippen LogP contribution in [0.2, 0.25) is 0 Å². The number of hydrogen-bond acceptors (Lipinski definition) is 5. The molecule has 1 aliphatic heterocycles. The van der Waals surface area contributed by atoms with Crippen LogP contribution in [-0.4, -0.2) is 25.9 Å². The molecule has 2 aromatic heterocycles. The smallest absolute Gasteiger partial charge is 0.268 e. The normalized spacial score (nSPS) is 18.6. The molecule has 1 atom stereocenters. The lowest BCUT2D eigenvalue weighted by molar-refractivity contribution is -0.0573. The van der Waals surface area contributed by atoms with E-state index in [0.717, 1.165) is 35.4 Å². The average molecular weight is 408 g/mol. The number of benzene rings is 1. The Hall–Kier alpha value is -2.44. The molecule has 1 aromatic carbocycles.